The van der Waals surface area contributed by atoms with E-state index in [1.165, 1.54) is 18.5 Å². The van der Waals surface area contributed by atoms with Crippen LogP contribution < -0.4 is 4.72 Å². The van der Waals surface area contributed by atoms with E-state index in [9.17, 15) is 23.3 Å². The van der Waals surface area contributed by atoms with E-state index in [0.717, 1.165) is 22.8 Å². The molecule has 1 N–H and O–H groups in total. The van der Waals surface area contributed by atoms with Crippen LogP contribution in [0.15, 0.2) is 59.8 Å². The highest BCUT2D eigenvalue weighted by Gasteiger charge is 2.22. The zero-order valence-corrected chi connectivity index (χ0v) is 12.8. The third kappa shape index (κ3) is 2.82. The Morgan fingerprint density at radius 3 is 2.75 bits per heavy atom. The van der Waals surface area contributed by atoms with Crippen LogP contribution in [-0.2, 0) is 10.0 Å². The lowest BCUT2D eigenvalue weighted by atomic mass is 10.3. The summed E-state index contributed by atoms with van der Waals surface area (Å²) in [4.78, 5) is 25.9. The first kappa shape index (κ1) is 15.6. The first-order chi connectivity index (χ1) is 11.4. The van der Waals surface area contributed by atoms with Gasteiger partial charge in [-0.1, -0.05) is 6.07 Å². The number of rotatable bonds is 3. The summed E-state index contributed by atoms with van der Waals surface area (Å²) in [5.74, 6) is 0. The van der Waals surface area contributed by atoms with Crippen LogP contribution in [0.3, 0.4) is 0 Å². The second-order valence-electron chi connectivity index (χ2n) is 4.77. The van der Waals surface area contributed by atoms with E-state index in [4.69, 9.17) is 0 Å². The topological polar surface area (TPSA) is 124 Å². The molecular weight excluding hydrogens is 336 g/mol. The first-order valence-electron chi connectivity index (χ1n) is 6.62. The minimum Gasteiger partial charge on any atom is -0.258 e. The number of carbonyl (C=O) groups excluding carboxylic acids is 1. The van der Waals surface area contributed by atoms with E-state index in [-0.39, 0.29) is 4.90 Å². The number of nitrogens with one attached hydrogen (secondary N) is 1. The van der Waals surface area contributed by atoms with Gasteiger partial charge in [0.2, 0.25) is 0 Å². The molecule has 0 aliphatic rings. The Kier molecular flexibility index (Phi) is 3.73. The monoisotopic (exact) mass is 346 g/mol. The number of nitrogens with zero attached hydrogens (tertiary/aromatic N) is 3. The number of benzene rings is 1. The fourth-order valence-corrected chi connectivity index (χ4v) is 3.10. The standard InChI is InChI=1S/C14H10N4O5S/c19-14(17-8-6-10-3-2-7-15-13(10)17)16-24(22,23)12-5-1-4-11(9-12)18(20)21/h1-9H,(H,16,19). The third-order valence-electron chi connectivity index (χ3n) is 3.23. The van der Waals surface area contributed by atoms with Gasteiger partial charge in [-0.05, 0) is 24.3 Å². The first-order valence-corrected chi connectivity index (χ1v) is 8.10. The van der Waals surface area contributed by atoms with Crippen molar-refractivity contribution in [2.24, 2.45) is 0 Å². The molecule has 2 heterocycles. The van der Waals surface area contributed by atoms with Gasteiger partial charge in [-0.3, -0.25) is 14.7 Å². The molecule has 0 atom stereocenters. The SMILES string of the molecule is O=C(NS(=O)(=O)c1cccc([N+](=O)[O-])c1)n1ccc2cccnc21. The Bertz CT molecular complexity index is 1060. The predicted molar refractivity (Wildman–Crippen MR) is 83.9 cm³/mol. The molecule has 0 spiro atoms. The van der Waals surface area contributed by atoms with Crippen LogP contribution in [0.1, 0.15) is 0 Å². The molecule has 1 amide bonds. The summed E-state index contributed by atoms with van der Waals surface area (Å²) in [7, 11) is -4.26. The van der Waals surface area contributed by atoms with Gasteiger partial charge in [-0.15, -0.1) is 0 Å². The fourth-order valence-electron chi connectivity index (χ4n) is 2.12. The number of nitro benzene ring substituents is 1. The highest BCUT2D eigenvalue weighted by molar-refractivity contribution is 7.90. The second kappa shape index (κ2) is 5.74. The van der Waals surface area contributed by atoms with Crippen LogP contribution in [0.25, 0.3) is 11.0 Å². The summed E-state index contributed by atoms with van der Waals surface area (Å²) in [6.45, 7) is 0. The van der Waals surface area contributed by atoms with Crippen molar-refractivity contribution in [2.75, 3.05) is 0 Å². The number of non-ortho nitro benzene ring substituents is 1. The molecule has 0 saturated heterocycles. The van der Waals surface area contributed by atoms with Crippen molar-refractivity contribution >= 4 is 32.8 Å². The van der Waals surface area contributed by atoms with Crippen LogP contribution in [-0.4, -0.2) is 28.9 Å². The smallest absolute Gasteiger partial charge is 0.258 e. The summed E-state index contributed by atoms with van der Waals surface area (Å²) >= 11 is 0. The van der Waals surface area contributed by atoms with Crippen LogP contribution in [0.5, 0.6) is 0 Å². The molecule has 0 radical (unpaired) electrons. The molecule has 0 bridgehead atoms. The zero-order valence-electron chi connectivity index (χ0n) is 12.0. The molecule has 9 nitrogen and oxygen atoms in total. The number of pyridine rings is 1. The molecule has 2 aromatic heterocycles. The third-order valence-corrected chi connectivity index (χ3v) is 4.55. The average Bonchev–Trinajstić information content (AvgIpc) is 2.98. The number of amides is 1. The van der Waals surface area contributed by atoms with Crippen LogP contribution in [0.4, 0.5) is 10.5 Å². The van der Waals surface area contributed by atoms with Crippen molar-refractivity contribution in [2.45, 2.75) is 4.90 Å². The quantitative estimate of drug-likeness (QED) is 0.570. The maximum absolute atomic E-state index is 12.3. The minimum absolute atomic E-state index is 0.296. The molecule has 0 saturated carbocycles. The summed E-state index contributed by atoms with van der Waals surface area (Å²) in [5, 5.41) is 11.4. The van der Waals surface area contributed by atoms with Gasteiger partial charge in [0.05, 0.1) is 9.82 Å². The maximum atomic E-state index is 12.3. The average molecular weight is 346 g/mol. The van der Waals surface area contributed by atoms with Crippen molar-refractivity contribution in [3.8, 4) is 0 Å². The number of hydrogen-bond donors (Lipinski definition) is 1. The van der Waals surface area contributed by atoms with E-state index < -0.39 is 26.7 Å². The molecule has 0 fully saturated rings. The van der Waals surface area contributed by atoms with Gasteiger partial charge < -0.3 is 0 Å². The lowest BCUT2D eigenvalue weighted by molar-refractivity contribution is -0.385. The van der Waals surface area contributed by atoms with Gasteiger partial charge in [-0.25, -0.2) is 22.9 Å². The largest absolute Gasteiger partial charge is 0.341 e. The Hall–Kier alpha value is -3.27. The molecular formula is C14H10N4O5S. The fraction of sp³-hybridized carbons (Fsp3) is 0. The van der Waals surface area contributed by atoms with E-state index in [1.54, 1.807) is 18.2 Å². The summed E-state index contributed by atoms with van der Waals surface area (Å²) in [5.41, 5.74) is -0.0948. The van der Waals surface area contributed by atoms with Crippen molar-refractivity contribution in [1.82, 2.24) is 14.3 Å². The van der Waals surface area contributed by atoms with Gasteiger partial charge in [-0.2, -0.15) is 0 Å². The number of carbonyl (C=O) groups is 1. The molecule has 24 heavy (non-hydrogen) atoms. The number of aromatic nitrogens is 2. The number of fused-ring (bicyclic) bond motifs is 1. The van der Waals surface area contributed by atoms with Gasteiger partial charge in [0.15, 0.2) is 0 Å². The van der Waals surface area contributed by atoms with E-state index in [2.05, 4.69) is 4.98 Å². The summed E-state index contributed by atoms with van der Waals surface area (Å²) < 4.78 is 27.4. The number of nitro groups is 1. The Morgan fingerprint density at radius 1 is 1.21 bits per heavy atom. The molecule has 0 aliphatic heterocycles. The highest BCUT2D eigenvalue weighted by Crippen LogP contribution is 2.18. The molecule has 0 unspecified atom stereocenters. The Balaban J connectivity index is 1.93. The van der Waals surface area contributed by atoms with Gasteiger partial charge >= 0.3 is 6.03 Å². The molecule has 10 heteroatoms. The van der Waals surface area contributed by atoms with Crippen molar-refractivity contribution in [3.63, 3.8) is 0 Å². The van der Waals surface area contributed by atoms with Gasteiger partial charge in [0, 0.05) is 29.9 Å². The lowest BCUT2D eigenvalue weighted by Gasteiger charge is -2.08. The second-order valence-corrected chi connectivity index (χ2v) is 6.45. The maximum Gasteiger partial charge on any atom is 0.341 e. The van der Waals surface area contributed by atoms with Gasteiger partial charge in [0.1, 0.15) is 5.65 Å². The molecule has 3 aromatic rings. The number of hydrogen-bond acceptors (Lipinski definition) is 6. The van der Waals surface area contributed by atoms with E-state index in [0.29, 0.717) is 11.0 Å². The Morgan fingerprint density at radius 2 is 2.00 bits per heavy atom. The van der Waals surface area contributed by atoms with Crippen LogP contribution in [0, 0.1) is 10.1 Å². The van der Waals surface area contributed by atoms with E-state index >= 15 is 0 Å². The molecule has 122 valence electrons. The Labute approximate surface area is 135 Å². The summed E-state index contributed by atoms with van der Waals surface area (Å²) in [6.07, 6.45) is 2.86. The van der Waals surface area contributed by atoms with Gasteiger partial charge in [0.25, 0.3) is 15.7 Å². The van der Waals surface area contributed by atoms with Crippen molar-refractivity contribution < 1.29 is 18.1 Å². The normalized spacial score (nSPS) is 11.3. The highest BCUT2D eigenvalue weighted by atomic mass is 32.2. The summed E-state index contributed by atoms with van der Waals surface area (Å²) in [6, 6.07) is 8.51. The van der Waals surface area contributed by atoms with Crippen LogP contribution in [0.2, 0.25) is 0 Å². The lowest BCUT2D eigenvalue weighted by Crippen LogP contribution is -2.33. The number of sulfonamides is 1. The van der Waals surface area contributed by atoms with Crippen LogP contribution >= 0.6 is 0 Å². The van der Waals surface area contributed by atoms with Crippen molar-refractivity contribution in [1.29, 1.82) is 0 Å². The zero-order chi connectivity index (χ0) is 17.3. The minimum atomic E-state index is -4.26. The van der Waals surface area contributed by atoms with E-state index in [1.807, 2.05) is 4.72 Å². The molecule has 0 aliphatic carbocycles. The molecule has 1 aromatic carbocycles. The molecule has 3 rings (SSSR count). The predicted octanol–water partition coefficient (Wildman–Crippen LogP) is 1.89. The van der Waals surface area contributed by atoms with Crippen molar-refractivity contribution in [3.05, 3.63) is 65.0 Å².